The molecule has 0 spiro atoms. The van der Waals surface area contributed by atoms with Crippen LogP contribution in [-0.2, 0) is 0 Å². The first-order valence-corrected chi connectivity index (χ1v) is 8.79. The molecule has 1 saturated carbocycles. The average Bonchev–Trinajstić information content (AvgIpc) is 2.35. The minimum atomic E-state index is 0.819. The van der Waals surface area contributed by atoms with Crippen LogP contribution in [0.3, 0.4) is 0 Å². The normalized spacial score (nSPS) is 31.7. The van der Waals surface area contributed by atoms with Gasteiger partial charge in [0.1, 0.15) is 0 Å². The van der Waals surface area contributed by atoms with Crippen LogP contribution in [0.5, 0.6) is 0 Å². The van der Waals surface area contributed by atoms with Gasteiger partial charge in [-0.1, -0.05) is 33.1 Å². The van der Waals surface area contributed by atoms with Crippen molar-refractivity contribution in [2.45, 2.75) is 68.9 Å². The third kappa shape index (κ3) is 5.10. The van der Waals surface area contributed by atoms with Crippen molar-refractivity contribution in [2.24, 2.45) is 0 Å². The first kappa shape index (κ1) is 14.7. The molecule has 0 aromatic heterocycles. The largest absolute Gasteiger partial charge is 0.314 e. The second-order valence-corrected chi connectivity index (χ2v) is 8.04. The fourth-order valence-corrected chi connectivity index (χ4v) is 4.77. The number of hydrogen-bond acceptors (Lipinski definition) is 3. The zero-order valence-corrected chi connectivity index (χ0v) is 13.0. The third-order valence-corrected chi connectivity index (χ3v) is 5.41. The van der Waals surface area contributed by atoms with Gasteiger partial charge in [0.05, 0.1) is 0 Å². The van der Waals surface area contributed by atoms with Crippen molar-refractivity contribution in [1.82, 2.24) is 10.2 Å². The van der Waals surface area contributed by atoms with Gasteiger partial charge in [0, 0.05) is 29.6 Å². The molecule has 0 bridgehead atoms. The number of nitrogens with zero attached hydrogens (tertiary/aromatic N) is 1. The molecule has 2 rings (SSSR count). The predicted molar refractivity (Wildman–Crippen MR) is 82.4 cm³/mol. The van der Waals surface area contributed by atoms with Crippen LogP contribution in [0.2, 0.25) is 0 Å². The van der Waals surface area contributed by atoms with Crippen LogP contribution in [0.25, 0.3) is 0 Å². The fraction of sp³-hybridized carbons (Fsp3) is 1.00. The van der Waals surface area contributed by atoms with Crippen LogP contribution < -0.4 is 5.32 Å². The lowest BCUT2D eigenvalue weighted by atomic mass is 9.95. The maximum Gasteiger partial charge on any atom is 0.0149 e. The molecule has 0 radical (unpaired) electrons. The van der Waals surface area contributed by atoms with Crippen molar-refractivity contribution in [3.63, 3.8) is 0 Å². The van der Waals surface area contributed by atoms with Gasteiger partial charge < -0.3 is 10.2 Å². The summed E-state index contributed by atoms with van der Waals surface area (Å²) >= 11 is 2.15. The van der Waals surface area contributed by atoms with Gasteiger partial charge in [0.15, 0.2) is 0 Å². The van der Waals surface area contributed by atoms with E-state index in [1.165, 1.54) is 64.7 Å². The number of nitrogens with one attached hydrogen (secondary N) is 1. The lowest BCUT2D eigenvalue weighted by molar-refractivity contribution is 0.262. The highest BCUT2D eigenvalue weighted by atomic mass is 32.2. The van der Waals surface area contributed by atoms with Gasteiger partial charge in [-0.05, 0) is 32.4 Å². The van der Waals surface area contributed by atoms with Gasteiger partial charge in [0.25, 0.3) is 0 Å². The molecular formula is C15H30N2S. The van der Waals surface area contributed by atoms with E-state index < -0.39 is 0 Å². The molecule has 0 aromatic rings. The molecule has 2 atom stereocenters. The quantitative estimate of drug-likeness (QED) is 0.773. The Hall–Kier alpha value is 0.270. The van der Waals surface area contributed by atoms with Gasteiger partial charge >= 0.3 is 0 Å². The smallest absolute Gasteiger partial charge is 0.0149 e. The SMILES string of the molecule is CC1CN(CCCNC2CCCCC2)CC(C)S1. The molecule has 3 heteroatoms. The van der Waals surface area contributed by atoms with E-state index in [9.17, 15) is 0 Å². The Morgan fingerprint density at radius 1 is 1.06 bits per heavy atom. The molecule has 1 N–H and O–H groups in total. The molecule has 1 aliphatic carbocycles. The Bertz CT molecular complexity index is 219. The van der Waals surface area contributed by atoms with Gasteiger partial charge in [0.2, 0.25) is 0 Å². The van der Waals surface area contributed by atoms with E-state index in [4.69, 9.17) is 0 Å². The molecule has 1 aliphatic heterocycles. The zero-order valence-electron chi connectivity index (χ0n) is 12.2. The topological polar surface area (TPSA) is 15.3 Å². The van der Waals surface area contributed by atoms with Crippen molar-refractivity contribution < 1.29 is 0 Å². The molecule has 2 unspecified atom stereocenters. The molecule has 0 amide bonds. The van der Waals surface area contributed by atoms with Crippen LogP contribution >= 0.6 is 11.8 Å². The second kappa shape index (κ2) is 7.76. The van der Waals surface area contributed by atoms with Crippen molar-refractivity contribution in [1.29, 1.82) is 0 Å². The van der Waals surface area contributed by atoms with E-state index in [1.54, 1.807) is 0 Å². The Morgan fingerprint density at radius 3 is 2.39 bits per heavy atom. The number of thioether (sulfide) groups is 1. The average molecular weight is 270 g/mol. The van der Waals surface area contributed by atoms with Crippen molar-refractivity contribution in [2.75, 3.05) is 26.2 Å². The maximum absolute atomic E-state index is 3.75. The number of rotatable bonds is 5. The maximum atomic E-state index is 3.75. The monoisotopic (exact) mass is 270 g/mol. The molecule has 2 fully saturated rings. The fourth-order valence-electron chi connectivity index (χ4n) is 3.38. The second-order valence-electron chi connectivity index (χ2n) is 6.16. The van der Waals surface area contributed by atoms with Crippen LogP contribution in [0.4, 0.5) is 0 Å². The summed E-state index contributed by atoms with van der Waals surface area (Å²) in [5.74, 6) is 0. The molecule has 2 aliphatic rings. The molecule has 0 aromatic carbocycles. The molecule has 18 heavy (non-hydrogen) atoms. The van der Waals surface area contributed by atoms with E-state index in [0.717, 1.165) is 16.5 Å². The summed E-state index contributed by atoms with van der Waals surface area (Å²) in [6.45, 7) is 9.82. The standard InChI is InChI=1S/C15H30N2S/c1-13-11-17(12-14(2)18-13)10-6-9-16-15-7-4-3-5-8-15/h13-16H,3-12H2,1-2H3. The van der Waals surface area contributed by atoms with E-state index in [2.05, 4.69) is 35.8 Å². The Labute approximate surface area is 117 Å². The van der Waals surface area contributed by atoms with E-state index in [-0.39, 0.29) is 0 Å². The number of hydrogen-bond donors (Lipinski definition) is 1. The Balaban J connectivity index is 1.54. The minimum absolute atomic E-state index is 0.819. The van der Waals surface area contributed by atoms with Gasteiger partial charge in [-0.2, -0.15) is 11.8 Å². The highest BCUT2D eigenvalue weighted by Crippen LogP contribution is 2.24. The first-order chi connectivity index (χ1) is 8.74. The van der Waals surface area contributed by atoms with E-state index in [1.807, 2.05) is 0 Å². The van der Waals surface area contributed by atoms with Gasteiger partial charge in [-0.25, -0.2) is 0 Å². The molecular weight excluding hydrogens is 240 g/mol. The van der Waals surface area contributed by atoms with Crippen molar-refractivity contribution in [3.8, 4) is 0 Å². The van der Waals surface area contributed by atoms with E-state index in [0.29, 0.717) is 0 Å². The summed E-state index contributed by atoms with van der Waals surface area (Å²) in [6.07, 6.45) is 8.48. The summed E-state index contributed by atoms with van der Waals surface area (Å²) in [4.78, 5) is 2.66. The van der Waals surface area contributed by atoms with Crippen molar-refractivity contribution >= 4 is 11.8 Å². The van der Waals surface area contributed by atoms with Gasteiger partial charge in [-0.3, -0.25) is 0 Å². The summed E-state index contributed by atoms with van der Waals surface area (Å²) < 4.78 is 0. The molecule has 1 saturated heterocycles. The molecule has 1 heterocycles. The third-order valence-electron chi connectivity index (χ3n) is 4.18. The highest BCUT2D eigenvalue weighted by molar-refractivity contribution is 8.00. The molecule has 106 valence electrons. The van der Waals surface area contributed by atoms with Crippen LogP contribution in [0, 0.1) is 0 Å². The summed E-state index contributed by atoms with van der Waals surface area (Å²) in [7, 11) is 0. The predicted octanol–water partition coefficient (Wildman–Crippen LogP) is 3.12. The lowest BCUT2D eigenvalue weighted by Gasteiger charge is -2.34. The first-order valence-electron chi connectivity index (χ1n) is 7.85. The summed E-state index contributed by atoms with van der Waals surface area (Å²) in [5.41, 5.74) is 0. The van der Waals surface area contributed by atoms with E-state index >= 15 is 0 Å². The van der Waals surface area contributed by atoms with Crippen LogP contribution in [0.15, 0.2) is 0 Å². The lowest BCUT2D eigenvalue weighted by Crippen LogP contribution is -2.42. The Morgan fingerprint density at radius 2 is 1.72 bits per heavy atom. The zero-order chi connectivity index (χ0) is 12.8. The Kier molecular flexibility index (Phi) is 6.33. The highest BCUT2D eigenvalue weighted by Gasteiger charge is 2.21. The van der Waals surface area contributed by atoms with Crippen LogP contribution in [0.1, 0.15) is 52.4 Å². The molecule has 2 nitrogen and oxygen atoms in total. The van der Waals surface area contributed by atoms with Crippen molar-refractivity contribution in [3.05, 3.63) is 0 Å². The summed E-state index contributed by atoms with van der Waals surface area (Å²) in [5, 5.41) is 5.39. The van der Waals surface area contributed by atoms with Crippen LogP contribution in [-0.4, -0.2) is 47.6 Å². The minimum Gasteiger partial charge on any atom is -0.314 e. The summed E-state index contributed by atoms with van der Waals surface area (Å²) in [6, 6.07) is 0.827. The van der Waals surface area contributed by atoms with Gasteiger partial charge in [-0.15, -0.1) is 0 Å².